The lowest BCUT2D eigenvalue weighted by atomic mass is 10.2. The third-order valence-electron chi connectivity index (χ3n) is 4.87. The lowest BCUT2D eigenvalue weighted by Crippen LogP contribution is -2.24. The molecule has 1 amide bonds. The molecule has 1 aromatic heterocycles. The van der Waals surface area contributed by atoms with E-state index in [0.717, 1.165) is 17.9 Å². The van der Waals surface area contributed by atoms with Gasteiger partial charge in [-0.05, 0) is 56.2 Å². The summed E-state index contributed by atoms with van der Waals surface area (Å²) in [6.07, 6.45) is -0.397. The van der Waals surface area contributed by atoms with E-state index in [9.17, 15) is 13.6 Å². The zero-order valence-electron chi connectivity index (χ0n) is 19.7. The van der Waals surface area contributed by atoms with Gasteiger partial charge in [0.2, 0.25) is 5.91 Å². The summed E-state index contributed by atoms with van der Waals surface area (Å²) in [4.78, 5) is 12.6. The number of hydrogen-bond donors (Lipinski definition) is 1. The van der Waals surface area contributed by atoms with Gasteiger partial charge in [0.1, 0.15) is 23.1 Å². The summed E-state index contributed by atoms with van der Waals surface area (Å²) in [5.74, 6) is 0.339. The SMILES string of the molecule is COc1ccc(OC(C)c2nnc(SC(C)C(=O)Nc3ccc(F)cc3F)n2CC(C)C)cc1. The van der Waals surface area contributed by atoms with Crippen molar-refractivity contribution in [1.82, 2.24) is 14.8 Å². The van der Waals surface area contributed by atoms with Gasteiger partial charge in [0, 0.05) is 12.6 Å². The molecule has 0 aliphatic carbocycles. The quantitative estimate of drug-likeness (QED) is 0.379. The Morgan fingerprint density at radius 3 is 2.35 bits per heavy atom. The fourth-order valence-corrected chi connectivity index (χ4v) is 4.04. The van der Waals surface area contributed by atoms with Crippen LogP contribution < -0.4 is 14.8 Å². The van der Waals surface area contributed by atoms with E-state index in [1.165, 1.54) is 17.8 Å². The smallest absolute Gasteiger partial charge is 0.237 e. The van der Waals surface area contributed by atoms with Gasteiger partial charge in [-0.15, -0.1) is 10.2 Å². The largest absolute Gasteiger partial charge is 0.497 e. The molecule has 10 heteroatoms. The van der Waals surface area contributed by atoms with Gasteiger partial charge >= 0.3 is 0 Å². The third-order valence-corrected chi connectivity index (χ3v) is 5.95. The Labute approximate surface area is 201 Å². The molecule has 2 aromatic carbocycles. The first kappa shape index (κ1) is 25.5. The number of methoxy groups -OCH3 is 1. The molecule has 0 aliphatic heterocycles. The van der Waals surface area contributed by atoms with Crippen LogP contribution in [-0.4, -0.2) is 33.0 Å². The van der Waals surface area contributed by atoms with Crippen LogP contribution in [0.5, 0.6) is 11.5 Å². The number of benzene rings is 2. The summed E-state index contributed by atoms with van der Waals surface area (Å²) < 4.78 is 40.2. The first-order valence-corrected chi connectivity index (χ1v) is 11.7. The predicted octanol–water partition coefficient (Wildman–Crippen LogP) is 5.48. The van der Waals surface area contributed by atoms with Gasteiger partial charge in [0.05, 0.1) is 18.0 Å². The molecule has 7 nitrogen and oxygen atoms in total. The maximum Gasteiger partial charge on any atom is 0.237 e. The second-order valence-corrected chi connectivity index (χ2v) is 9.46. The van der Waals surface area contributed by atoms with E-state index in [2.05, 4.69) is 29.4 Å². The molecule has 3 aromatic rings. The summed E-state index contributed by atoms with van der Waals surface area (Å²) in [7, 11) is 1.60. The molecule has 2 atom stereocenters. The Balaban J connectivity index is 1.74. The van der Waals surface area contributed by atoms with Gasteiger partial charge in [-0.2, -0.15) is 0 Å². The van der Waals surface area contributed by atoms with Crippen molar-refractivity contribution in [1.29, 1.82) is 0 Å². The maximum atomic E-state index is 13.9. The Hall–Kier alpha value is -3.14. The second-order valence-electron chi connectivity index (χ2n) is 8.15. The van der Waals surface area contributed by atoms with Gasteiger partial charge in [-0.1, -0.05) is 25.6 Å². The van der Waals surface area contributed by atoms with E-state index in [-0.39, 0.29) is 5.69 Å². The summed E-state index contributed by atoms with van der Waals surface area (Å²) in [5.41, 5.74) is -0.0790. The topological polar surface area (TPSA) is 78.3 Å². The molecule has 0 radical (unpaired) electrons. The molecule has 3 rings (SSSR count). The molecule has 0 aliphatic rings. The maximum absolute atomic E-state index is 13.9. The molecular weight excluding hydrogens is 462 g/mol. The van der Waals surface area contributed by atoms with Crippen LogP contribution in [0.4, 0.5) is 14.5 Å². The monoisotopic (exact) mass is 490 g/mol. The van der Waals surface area contributed by atoms with Gasteiger partial charge < -0.3 is 19.4 Å². The van der Waals surface area contributed by atoms with Crippen molar-refractivity contribution < 1.29 is 23.0 Å². The first-order chi connectivity index (χ1) is 16.2. The Morgan fingerprint density at radius 1 is 1.06 bits per heavy atom. The highest BCUT2D eigenvalue weighted by Gasteiger charge is 2.24. The molecule has 1 N–H and O–H groups in total. The van der Waals surface area contributed by atoms with E-state index in [1.807, 2.05) is 35.8 Å². The molecule has 2 unspecified atom stereocenters. The van der Waals surface area contributed by atoms with E-state index in [1.54, 1.807) is 14.0 Å². The van der Waals surface area contributed by atoms with Gasteiger partial charge in [0.25, 0.3) is 0 Å². The number of carbonyl (C=O) groups excluding carboxylic acids is 1. The summed E-state index contributed by atoms with van der Waals surface area (Å²) >= 11 is 1.21. The van der Waals surface area contributed by atoms with Crippen molar-refractivity contribution in [2.75, 3.05) is 12.4 Å². The van der Waals surface area contributed by atoms with Crippen LogP contribution in [0, 0.1) is 17.6 Å². The van der Waals surface area contributed by atoms with Crippen LogP contribution in [0.25, 0.3) is 0 Å². The molecule has 0 bridgehead atoms. The lowest BCUT2D eigenvalue weighted by molar-refractivity contribution is -0.115. The van der Waals surface area contributed by atoms with Gasteiger partial charge in [0.15, 0.2) is 17.1 Å². The molecule has 182 valence electrons. The number of rotatable bonds is 10. The van der Waals surface area contributed by atoms with Crippen LogP contribution in [0.2, 0.25) is 0 Å². The highest BCUT2D eigenvalue weighted by Crippen LogP contribution is 2.29. The average molecular weight is 491 g/mol. The number of carbonyl (C=O) groups is 1. The predicted molar refractivity (Wildman–Crippen MR) is 127 cm³/mol. The molecule has 0 saturated heterocycles. The number of amides is 1. The Bertz CT molecular complexity index is 1120. The van der Waals surface area contributed by atoms with Gasteiger partial charge in [-0.25, -0.2) is 8.78 Å². The Kier molecular flexibility index (Phi) is 8.49. The molecular formula is C24H28F2N4O3S. The van der Waals surface area contributed by atoms with Crippen LogP contribution in [0.15, 0.2) is 47.6 Å². The molecule has 34 heavy (non-hydrogen) atoms. The number of nitrogens with one attached hydrogen (secondary N) is 1. The summed E-state index contributed by atoms with van der Waals surface area (Å²) in [5, 5.41) is 11.1. The molecule has 0 spiro atoms. The minimum absolute atomic E-state index is 0.0790. The highest BCUT2D eigenvalue weighted by molar-refractivity contribution is 8.00. The van der Waals surface area contributed by atoms with E-state index < -0.39 is 28.9 Å². The normalized spacial score (nSPS) is 12.9. The average Bonchev–Trinajstić information content (AvgIpc) is 3.17. The van der Waals surface area contributed by atoms with Crippen LogP contribution in [0.1, 0.15) is 39.6 Å². The zero-order valence-corrected chi connectivity index (χ0v) is 20.5. The van der Waals surface area contributed by atoms with Crippen molar-refractivity contribution in [3.8, 4) is 11.5 Å². The van der Waals surface area contributed by atoms with Crippen molar-refractivity contribution in [2.45, 2.75) is 50.8 Å². The highest BCUT2D eigenvalue weighted by atomic mass is 32.2. The van der Waals surface area contributed by atoms with Gasteiger partial charge in [-0.3, -0.25) is 4.79 Å². The van der Waals surface area contributed by atoms with Crippen molar-refractivity contribution in [3.05, 3.63) is 59.9 Å². The van der Waals surface area contributed by atoms with Crippen molar-refractivity contribution in [3.63, 3.8) is 0 Å². The van der Waals surface area contributed by atoms with Crippen molar-refractivity contribution in [2.24, 2.45) is 5.92 Å². The molecule has 0 saturated carbocycles. The molecule has 1 heterocycles. The number of nitrogens with zero attached hydrogens (tertiary/aromatic N) is 3. The van der Waals surface area contributed by atoms with E-state index in [0.29, 0.717) is 29.2 Å². The fraction of sp³-hybridized carbons (Fsp3) is 0.375. The lowest BCUT2D eigenvalue weighted by Gasteiger charge is -2.19. The number of thioether (sulfide) groups is 1. The fourth-order valence-electron chi connectivity index (χ4n) is 3.17. The van der Waals surface area contributed by atoms with Crippen LogP contribution >= 0.6 is 11.8 Å². The second kappa shape index (κ2) is 11.3. The zero-order chi connectivity index (χ0) is 24.8. The number of ether oxygens (including phenoxy) is 2. The number of aromatic nitrogens is 3. The van der Waals surface area contributed by atoms with E-state index >= 15 is 0 Å². The number of halogens is 2. The van der Waals surface area contributed by atoms with E-state index in [4.69, 9.17) is 9.47 Å². The first-order valence-electron chi connectivity index (χ1n) is 10.8. The minimum atomic E-state index is -0.833. The third kappa shape index (κ3) is 6.47. The summed E-state index contributed by atoms with van der Waals surface area (Å²) in [6, 6.07) is 10.3. The van der Waals surface area contributed by atoms with Crippen LogP contribution in [-0.2, 0) is 11.3 Å². The molecule has 0 fully saturated rings. The van der Waals surface area contributed by atoms with Crippen molar-refractivity contribution >= 4 is 23.4 Å². The number of hydrogen-bond acceptors (Lipinski definition) is 6. The standard InChI is InChI=1S/C24H28F2N4O3S/c1-14(2)13-30-22(15(3)33-19-9-7-18(32-5)8-10-19)28-29-24(30)34-16(4)23(31)27-21-11-6-17(25)12-20(21)26/h6-12,14-16H,13H2,1-5H3,(H,27,31). The summed E-state index contributed by atoms with van der Waals surface area (Å²) in [6.45, 7) is 8.34. The number of anilines is 1. The van der Waals surface area contributed by atoms with Crippen LogP contribution in [0.3, 0.4) is 0 Å². The Morgan fingerprint density at radius 2 is 1.74 bits per heavy atom. The minimum Gasteiger partial charge on any atom is -0.497 e.